The molecular formula is C20H25NO3. The van der Waals surface area contributed by atoms with Crippen molar-refractivity contribution in [1.82, 2.24) is 5.32 Å². The van der Waals surface area contributed by atoms with Crippen LogP contribution in [0.5, 0.6) is 5.75 Å². The number of rotatable bonds is 7. The number of ether oxygens (including phenoxy) is 2. The number of carbonyl (C=O) groups excluding carboxylic acids is 1. The van der Waals surface area contributed by atoms with Gasteiger partial charge < -0.3 is 14.8 Å². The molecule has 1 atom stereocenters. The lowest BCUT2D eigenvalue weighted by Crippen LogP contribution is -2.26. The van der Waals surface area contributed by atoms with E-state index in [0.29, 0.717) is 12.2 Å². The Morgan fingerprint density at radius 1 is 1.08 bits per heavy atom. The highest BCUT2D eigenvalue weighted by molar-refractivity contribution is 5.94. The van der Waals surface area contributed by atoms with Gasteiger partial charge in [-0.05, 0) is 56.2 Å². The molecule has 0 aromatic heterocycles. The molecule has 4 nitrogen and oxygen atoms in total. The summed E-state index contributed by atoms with van der Waals surface area (Å²) in [6, 6.07) is 15.2. The molecule has 1 N–H and O–H groups in total. The second-order valence-electron chi connectivity index (χ2n) is 6.07. The lowest BCUT2D eigenvalue weighted by molar-refractivity contribution is 0.0939. The Hall–Kier alpha value is -2.33. The van der Waals surface area contributed by atoms with E-state index < -0.39 is 0 Å². The topological polar surface area (TPSA) is 47.6 Å². The third-order valence-electron chi connectivity index (χ3n) is 3.58. The molecule has 0 spiro atoms. The fourth-order valence-corrected chi connectivity index (χ4v) is 2.46. The molecule has 0 heterocycles. The predicted octanol–water partition coefficient (Wildman–Crippen LogP) is 4.11. The monoisotopic (exact) mass is 327 g/mol. The molecule has 0 bridgehead atoms. The fraction of sp³-hybridized carbons (Fsp3) is 0.350. The van der Waals surface area contributed by atoms with E-state index in [1.54, 1.807) is 13.2 Å². The van der Waals surface area contributed by atoms with Gasteiger partial charge >= 0.3 is 0 Å². The van der Waals surface area contributed by atoms with E-state index in [4.69, 9.17) is 9.47 Å². The first kappa shape index (κ1) is 18.0. The van der Waals surface area contributed by atoms with Gasteiger partial charge in [0.1, 0.15) is 5.75 Å². The maximum Gasteiger partial charge on any atom is 0.251 e. The molecule has 0 aliphatic rings. The second-order valence-corrected chi connectivity index (χ2v) is 6.07. The number of hydrogen-bond donors (Lipinski definition) is 1. The molecule has 128 valence electrons. The number of hydrogen-bond acceptors (Lipinski definition) is 3. The van der Waals surface area contributed by atoms with Gasteiger partial charge in [0, 0.05) is 12.7 Å². The number of methoxy groups -OCH3 is 1. The van der Waals surface area contributed by atoms with Crippen LogP contribution in [-0.2, 0) is 11.3 Å². The summed E-state index contributed by atoms with van der Waals surface area (Å²) in [4.78, 5) is 12.5. The SMILES string of the molecule is COCc1cccc(C(=O)NC(C)c2cccc(OC(C)C)c2)c1. The standard InChI is InChI=1S/C20H25NO3/c1-14(2)24-19-10-6-8-17(12-19)15(3)21-20(22)18-9-5-7-16(11-18)13-23-4/h5-12,14-15H,13H2,1-4H3,(H,21,22). The van der Waals surface area contributed by atoms with Crippen molar-refractivity contribution in [3.8, 4) is 5.75 Å². The highest BCUT2D eigenvalue weighted by Gasteiger charge is 2.13. The van der Waals surface area contributed by atoms with Gasteiger partial charge in [-0.25, -0.2) is 0 Å². The van der Waals surface area contributed by atoms with E-state index in [1.807, 2.05) is 63.2 Å². The molecule has 24 heavy (non-hydrogen) atoms. The highest BCUT2D eigenvalue weighted by atomic mass is 16.5. The van der Waals surface area contributed by atoms with E-state index in [2.05, 4.69) is 5.32 Å². The maximum absolute atomic E-state index is 12.5. The molecule has 0 aliphatic carbocycles. The van der Waals surface area contributed by atoms with Crippen LogP contribution in [0.3, 0.4) is 0 Å². The van der Waals surface area contributed by atoms with Crippen molar-refractivity contribution in [2.24, 2.45) is 0 Å². The Balaban J connectivity index is 2.07. The molecule has 0 fully saturated rings. The van der Waals surface area contributed by atoms with Crippen molar-refractivity contribution in [2.45, 2.75) is 39.5 Å². The van der Waals surface area contributed by atoms with Gasteiger partial charge in [0.2, 0.25) is 0 Å². The number of nitrogens with one attached hydrogen (secondary N) is 1. The Morgan fingerprint density at radius 2 is 1.83 bits per heavy atom. The van der Waals surface area contributed by atoms with E-state index in [-0.39, 0.29) is 18.1 Å². The quantitative estimate of drug-likeness (QED) is 0.832. The molecule has 2 aromatic rings. The first-order valence-electron chi connectivity index (χ1n) is 8.15. The van der Waals surface area contributed by atoms with Gasteiger partial charge in [-0.15, -0.1) is 0 Å². The first-order valence-corrected chi connectivity index (χ1v) is 8.15. The molecule has 1 amide bonds. The normalized spacial score (nSPS) is 12.0. The molecule has 0 saturated heterocycles. The zero-order valence-electron chi connectivity index (χ0n) is 14.7. The van der Waals surface area contributed by atoms with Crippen molar-refractivity contribution in [3.05, 3.63) is 65.2 Å². The molecule has 2 aromatic carbocycles. The number of carbonyl (C=O) groups is 1. The summed E-state index contributed by atoms with van der Waals surface area (Å²) in [5.74, 6) is 0.710. The Morgan fingerprint density at radius 3 is 2.54 bits per heavy atom. The van der Waals surface area contributed by atoms with Crippen LogP contribution in [-0.4, -0.2) is 19.1 Å². The molecule has 1 unspecified atom stereocenters. The lowest BCUT2D eigenvalue weighted by Gasteiger charge is -2.17. The van der Waals surface area contributed by atoms with Crippen LogP contribution < -0.4 is 10.1 Å². The number of amides is 1. The van der Waals surface area contributed by atoms with Gasteiger partial charge in [0.15, 0.2) is 0 Å². The zero-order valence-corrected chi connectivity index (χ0v) is 14.7. The van der Waals surface area contributed by atoms with Crippen molar-refractivity contribution >= 4 is 5.91 Å². The maximum atomic E-state index is 12.5. The van der Waals surface area contributed by atoms with E-state index in [9.17, 15) is 4.79 Å². The van der Waals surface area contributed by atoms with Gasteiger partial charge in [-0.2, -0.15) is 0 Å². The third-order valence-corrected chi connectivity index (χ3v) is 3.58. The molecule has 2 rings (SSSR count). The summed E-state index contributed by atoms with van der Waals surface area (Å²) in [5.41, 5.74) is 2.62. The summed E-state index contributed by atoms with van der Waals surface area (Å²) in [6.45, 7) is 6.44. The Kier molecular flexibility index (Phi) is 6.38. The van der Waals surface area contributed by atoms with Crippen molar-refractivity contribution < 1.29 is 14.3 Å². The molecule has 4 heteroatoms. The minimum atomic E-state index is -0.112. The van der Waals surface area contributed by atoms with Crippen molar-refractivity contribution in [2.75, 3.05) is 7.11 Å². The third kappa shape index (κ3) is 5.10. The van der Waals surface area contributed by atoms with Crippen molar-refractivity contribution in [1.29, 1.82) is 0 Å². The summed E-state index contributed by atoms with van der Waals surface area (Å²) in [6.07, 6.45) is 0.119. The summed E-state index contributed by atoms with van der Waals surface area (Å²) in [5, 5.41) is 3.03. The lowest BCUT2D eigenvalue weighted by atomic mass is 10.1. The molecule has 0 radical (unpaired) electrons. The van der Waals surface area contributed by atoms with Crippen LogP contribution in [0.2, 0.25) is 0 Å². The van der Waals surface area contributed by atoms with Gasteiger partial charge in [-0.1, -0.05) is 24.3 Å². The van der Waals surface area contributed by atoms with E-state index in [1.165, 1.54) is 0 Å². The summed E-state index contributed by atoms with van der Waals surface area (Å²) < 4.78 is 10.8. The van der Waals surface area contributed by atoms with Crippen LogP contribution in [0, 0.1) is 0 Å². The second kappa shape index (κ2) is 8.50. The van der Waals surface area contributed by atoms with Gasteiger partial charge in [0.05, 0.1) is 18.8 Å². The van der Waals surface area contributed by atoms with Crippen LogP contribution in [0.1, 0.15) is 48.3 Å². The summed E-state index contributed by atoms with van der Waals surface area (Å²) in [7, 11) is 1.64. The average molecular weight is 327 g/mol. The van der Waals surface area contributed by atoms with E-state index >= 15 is 0 Å². The average Bonchev–Trinajstić information content (AvgIpc) is 2.55. The van der Waals surface area contributed by atoms with E-state index in [0.717, 1.165) is 16.9 Å². The number of benzene rings is 2. The highest BCUT2D eigenvalue weighted by Crippen LogP contribution is 2.20. The molecular weight excluding hydrogens is 302 g/mol. The van der Waals surface area contributed by atoms with Crippen LogP contribution >= 0.6 is 0 Å². The van der Waals surface area contributed by atoms with Crippen LogP contribution in [0.15, 0.2) is 48.5 Å². The zero-order chi connectivity index (χ0) is 17.5. The van der Waals surface area contributed by atoms with Gasteiger partial charge in [0.25, 0.3) is 5.91 Å². The molecule has 0 aliphatic heterocycles. The van der Waals surface area contributed by atoms with Crippen LogP contribution in [0.4, 0.5) is 0 Å². The minimum absolute atomic E-state index is 0.101. The Labute approximate surface area is 143 Å². The first-order chi connectivity index (χ1) is 11.5. The van der Waals surface area contributed by atoms with Crippen molar-refractivity contribution in [3.63, 3.8) is 0 Å². The largest absolute Gasteiger partial charge is 0.491 e. The predicted molar refractivity (Wildman–Crippen MR) is 95.2 cm³/mol. The minimum Gasteiger partial charge on any atom is -0.491 e. The van der Waals surface area contributed by atoms with Gasteiger partial charge in [-0.3, -0.25) is 4.79 Å². The molecule has 0 saturated carbocycles. The Bertz CT molecular complexity index is 682. The fourth-order valence-electron chi connectivity index (χ4n) is 2.46. The summed E-state index contributed by atoms with van der Waals surface area (Å²) >= 11 is 0. The van der Waals surface area contributed by atoms with Crippen LogP contribution in [0.25, 0.3) is 0 Å². The smallest absolute Gasteiger partial charge is 0.251 e.